The number of nitrogens with one attached hydrogen (secondary N) is 1. The second-order valence-electron chi connectivity index (χ2n) is 11.2. The first-order valence-electron chi connectivity index (χ1n) is 14.7. The molecule has 1 atom stereocenters. The molecule has 0 amide bonds. The Kier molecular flexibility index (Phi) is 10.8. The lowest BCUT2D eigenvalue weighted by Crippen LogP contribution is -2.40. The molecule has 232 valence electrons. The van der Waals surface area contributed by atoms with Gasteiger partial charge in [-0.1, -0.05) is 17.7 Å². The van der Waals surface area contributed by atoms with Crippen molar-refractivity contribution in [3.05, 3.63) is 58.4 Å². The van der Waals surface area contributed by atoms with Gasteiger partial charge >= 0.3 is 0 Å². The molecule has 11 nitrogen and oxygen atoms in total. The third-order valence-corrected chi connectivity index (χ3v) is 8.45. The molecule has 0 radical (unpaired) electrons. The molecule has 1 aromatic carbocycles. The zero-order valence-corrected chi connectivity index (χ0v) is 25.9. The van der Waals surface area contributed by atoms with E-state index in [2.05, 4.69) is 25.1 Å². The summed E-state index contributed by atoms with van der Waals surface area (Å²) in [6.45, 7) is 5.21. The number of carbonyl (C=O) groups excluding carboxylic acids is 1. The van der Waals surface area contributed by atoms with E-state index in [4.69, 9.17) is 30.5 Å². The van der Waals surface area contributed by atoms with Crippen LogP contribution in [0.1, 0.15) is 59.5 Å². The summed E-state index contributed by atoms with van der Waals surface area (Å²) < 4.78 is 16.3. The van der Waals surface area contributed by atoms with Crippen molar-refractivity contribution in [2.75, 3.05) is 49.6 Å². The van der Waals surface area contributed by atoms with E-state index in [0.29, 0.717) is 66.7 Å². The minimum Gasteiger partial charge on any atom is -0.484 e. The van der Waals surface area contributed by atoms with Crippen molar-refractivity contribution in [1.82, 2.24) is 19.9 Å². The number of nitrogens with zero attached hydrogens (tertiary/aromatic N) is 5. The standard InChI is InChI=1S/C30H37ClN6O5.H2S/c31-29-24-8-11-36(14-20(24)4-7-27(29)41-18-23-13-32-19-42-23)15-22(38)5-6-26(39)25-12-28(33-21-16-40-17-21)35-30(34-25)37-9-2-1-3-10-37;/h4,7,12-13,19,21-22,38H,1-3,5-6,8-11,14-18H2,(H,33,34,35);1H2/t22-;/m0./s1. The maximum atomic E-state index is 13.2. The molecule has 3 aliphatic rings. The molecule has 0 saturated carbocycles. The van der Waals surface area contributed by atoms with Gasteiger partial charge in [-0.15, -0.1) is 0 Å². The van der Waals surface area contributed by atoms with Crippen molar-refractivity contribution in [2.45, 2.75) is 63.8 Å². The van der Waals surface area contributed by atoms with Crippen molar-refractivity contribution in [3.8, 4) is 5.75 Å². The van der Waals surface area contributed by atoms with Gasteiger partial charge in [-0.25, -0.2) is 9.97 Å². The van der Waals surface area contributed by atoms with Gasteiger partial charge in [0, 0.05) is 45.2 Å². The maximum Gasteiger partial charge on any atom is 0.227 e. The van der Waals surface area contributed by atoms with Gasteiger partial charge in [0.05, 0.1) is 36.6 Å². The second kappa shape index (κ2) is 14.7. The Morgan fingerprint density at radius 2 is 2.02 bits per heavy atom. The average molecular weight is 631 g/mol. The summed E-state index contributed by atoms with van der Waals surface area (Å²) in [5.41, 5.74) is 2.58. The minimum absolute atomic E-state index is 0. The number of aliphatic hydroxyl groups excluding tert-OH is 1. The molecule has 3 aromatic rings. The number of hydrogen-bond acceptors (Lipinski definition) is 11. The van der Waals surface area contributed by atoms with E-state index < -0.39 is 6.10 Å². The summed E-state index contributed by atoms with van der Waals surface area (Å²) in [5, 5.41) is 14.8. The molecular formula is C30H39ClN6O5S. The number of oxazole rings is 1. The topological polar surface area (TPSA) is 126 Å². The predicted octanol–water partition coefficient (Wildman–Crippen LogP) is 3.99. The summed E-state index contributed by atoms with van der Waals surface area (Å²) in [4.78, 5) is 30.8. The zero-order chi connectivity index (χ0) is 28.9. The van der Waals surface area contributed by atoms with E-state index >= 15 is 0 Å². The molecule has 2 aromatic heterocycles. The summed E-state index contributed by atoms with van der Waals surface area (Å²) >= 11 is 6.67. The first-order valence-corrected chi connectivity index (χ1v) is 15.1. The lowest BCUT2D eigenvalue weighted by Gasteiger charge is -2.31. The van der Waals surface area contributed by atoms with Crippen molar-refractivity contribution < 1.29 is 23.8 Å². The van der Waals surface area contributed by atoms with Crippen LogP contribution in [0.3, 0.4) is 0 Å². The van der Waals surface area contributed by atoms with Crippen molar-refractivity contribution in [1.29, 1.82) is 0 Å². The highest BCUT2D eigenvalue weighted by atomic mass is 35.5. The Morgan fingerprint density at radius 3 is 2.77 bits per heavy atom. The fraction of sp³-hybridized carbons (Fsp3) is 0.533. The number of halogens is 1. The fourth-order valence-electron chi connectivity index (χ4n) is 5.61. The molecule has 2 saturated heterocycles. The number of anilines is 2. The summed E-state index contributed by atoms with van der Waals surface area (Å²) in [6.07, 6.45) is 7.07. The monoisotopic (exact) mass is 630 g/mol. The van der Waals surface area contributed by atoms with E-state index in [1.165, 1.54) is 12.8 Å². The molecule has 0 spiro atoms. The van der Waals surface area contributed by atoms with Crippen LogP contribution in [0.15, 0.2) is 35.2 Å². The molecule has 0 unspecified atom stereocenters. The van der Waals surface area contributed by atoms with Crippen LogP contribution in [-0.4, -0.2) is 82.3 Å². The molecule has 3 aliphatic heterocycles. The van der Waals surface area contributed by atoms with E-state index in [1.807, 2.05) is 12.1 Å². The highest BCUT2D eigenvalue weighted by Gasteiger charge is 2.25. The molecule has 0 aliphatic carbocycles. The van der Waals surface area contributed by atoms with Gasteiger partial charge in [0.15, 0.2) is 17.9 Å². The van der Waals surface area contributed by atoms with Crippen LogP contribution in [0.5, 0.6) is 5.75 Å². The smallest absolute Gasteiger partial charge is 0.227 e. The minimum atomic E-state index is -0.636. The number of fused-ring (bicyclic) bond motifs is 1. The number of rotatable bonds is 12. The lowest BCUT2D eigenvalue weighted by molar-refractivity contribution is 0.0209. The predicted molar refractivity (Wildman–Crippen MR) is 168 cm³/mol. The highest BCUT2D eigenvalue weighted by molar-refractivity contribution is 7.59. The number of ether oxygens (including phenoxy) is 2. The Balaban J connectivity index is 0.00000368. The van der Waals surface area contributed by atoms with Gasteiger partial charge in [-0.05, 0) is 49.3 Å². The SMILES string of the molecule is O=C(CC[C@H](O)CN1CCc2c(ccc(OCc3cnco3)c2Cl)C1)c1cc(NC2COC2)nc(N2CCCCC2)n1.S. The fourth-order valence-corrected chi connectivity index (χ4v) is 5.94. The normalized spacial score (nSPS) is 17.9. The van der Waals surface area contributed by atoms with Crippen molar-refractivity contribution in [2.24, 2.45) is 0 Å². The molecule has 13 heteroatoms. The Morgan fingerprint density at radius 1 is 1.19 bits per heavy atom. The average Bonchev–Trinajstić information content (AvgIpc) is 3.51. The number of benzene rings is 1. The molecule has 5 heterocycles. The van der Waals surface area contributed by atoms with Gasteiger partial charge in [-0.2, -0.15) is 18.5 Å². The molecule has 0 bridgehead atoms. The molecule has 2 N–H and O–H groups in total. The number of β-amino-alcohol motifs (C(OH)–C–C–N with tert-alkyl or cyclic N) is 1. The van der Waals surface area contributed by atoms with Crippen molar-refractivity contribution >= 4 is 42.6 Å². The largest absolute Gasteiger partial charge is 0.484 e. The van der Waals surface area contributed by atoms with E-state index in [1.54, 1.807) is 12.3 Å². The number of aromatic nitrogens is 3. The Bertz CT molecular complexity index is 1370. The van der Waals surface area contributed by atoms with Crippen LogP contribution in [0.25, 0.3) is 0 Å². The van der Waals surface area contributed by atoms with Crippen LogP contribution in [0.4, 0.5) is 11.8 Å². The Hall–Kier alpha value is -2.90. The van der Waals surface area contributed by atoms with Gasteiger partial charge in [0.1, 0.15) is 23.9 Å². The second-order valence-corrected chi connectivity index (χ2v) is 11.6. The van der Waals surface area contributed by atoms with Gasteiger partial charge in [0.25, 0.3) is 0 Å². The van der Waals surface area contributed by atoms with Crippen LogP contribution in [0.2, 0.25) is 5.02 Å². The number of piperidine rings is 1. The first-order chi connectivity index (χ1) is 20.5. The Labute approximate surface area is 263 Å². The first kappa shape index (κ1) is 31.5. The van der Waals surface area contributed by atoms with Crippen LogP contribution in [0, 0.1) is 0 Å². The summed E-state index contributed by atoms with van der Waals surface area (Å²) in [6, 6.07) is 5.82. The van der Waals surface area contributed by atoms with E-state index in [9.17, 15) is 9.90 Å². The third-order valence-electron chi connectivity index (χ3n) is 8.03. The number of carbonyl (C=O) groups is 1. The van der Waals surface area contributed by atoms with E-state index in [0.717, 1.165) is 50.0 Å². The number of aliphatic hydroxyl groups is 1. The highest BCUT2D eigenvalue weighted by Crippen LogP contribution is 2.34. The molecule has 6 rings (SSSR count). The number of hydrogen-bond donors (Lipinski definition) is 2. The van der Waals surface area contributed by atoms with Gasteiger partial charge in [0.2, 0.25) is 5.95 Å². The molecule has 2 fully saturated rings. The summed E-state index contributed by atoms with van der Waals surface area (Å²) in [5.74, 6) is 2.41. The molecule has 43 heavy (non-hydrogen) atoms. The molecular weight excluding hydrogens is 592 g/mol. The quantitative estimate of drug-likeness (QED) is 0.282. The third kappa shape index (κ3) is 7.98. The van der Waals surface area contributed by atoms with Crippen LogP contribution >= 0.6 is 25.1 Å². The van der Waals surface area contributed by atoms with Crippen molar-refractivity contribution in [3.63, 3.8) is 0 Å². The lowest BCUT2D eigenvalue weighted by atomic mass is 9.98. The van der Waals surface area contributed by atoms with Crippen LogP contribution < -0.4 is 15.0 Å². The zero-order valence-electron chi connectivity index (χ0n) is 24.1. The van der Waals surface area contributed by atoms with E-state index in [-0.39, 0.29) is 38.3 Å². The number of ketones is 1. The summed E-state index contributed by atoms with van der Waals surface area (Å²) in [7, 11) is 0. The maximum absolute atomic E-state index is 13.2. The van der Waals surface area contributed by atoms with Crippen LogP contribution in [-0.2, 0) is 24.3 Å². The van der Waals surface area contributed by atoms with Gasteiger partial charge in [-0.3, -0.25) is 9.69 Å². The van der Waals surface area contributed by atoms with Gasteiger partial charge < -0.3 is 29.2 Å². The number of Topliss-reactive ketones (excluding diaryl/α,β-unsaturated/α-hetero) is 1.